The number of fused-ring (bicyclic) bond motifs is 3. The van der Waals surface area contributed by atoms with E-state index in [2.05, 4.69) is 20.9 Å². The number of furan rings is 1. The Morgan fingerprint density at radius 2 is 2.29 bits per heavy atom. The van der Waals surface area contributed by atoms with Gasteiger partial charge in [0.25, 0.3) is 0 Å². The van der Waals surface area contributed by atoms with E-state index in [9.17, 15) is 4.79 Å². The van der Waals surface area contributed by atoms with Gasteiger partial charge >= 0.3 is 5.69 Å². The van der Waals surface area contributed by atoms with Crippen LogP contribution < -0.4 is 11.4 Å². The van der Waals surface area contributed by atoms with Gasteiger partial charge in [-0.1, -0.05) is 15.9 Å². The minimum Gasteiger partial charge on any atom is -0.451 e. The molecule has 0 spiro atoms. The van der Waals surface area contributed by atoms with E-state index in [1.807, 2.05) is 18.2 Å². The number of benzene rings is 1. The Labute approximate surface area is 128 Å². The first-order valence-electron chi connectivity index (χ1n) is 6.49. The van der Waals surface area contributed by atoms with Gasteiger partial charge in [0.15, 0.2) is 11.4 Å². The minimum atomic E-state index is -0.376. The van der Waals surface area contributed by atoms with Gasteiger partial charge < -0.3 is 14.9 Å². The lowest BCUT2D eigenvalue weighted by Gasteiger charge is -2.07. The second-order valence-electron chi connectivity index (χ2n) is 4.70. The summed E-state index contributed by atoms with van der Waals surface area (Å²) in [5, 5.41) is 0.836. The van der Waals surface area contributed by atoms with Crippen molar-refractivity contribution in [2.24, 2.45) is 0 Å². The third-order valence-corrected chi connectivity index (χ3v) is 3.80. The summed E-state index contributed by atoms with van der Waals surface area (Å²) < 4.78 is 13.3. The molecule has 0 aliphatic rings. The number of aryl methyl sites for hydroxylation is 1. The van der Waals surface area contributed by atoms with Crippen LogP contribution in [0, 0.1) is 0 Å². The summed E-state index contributed by atoms with van der Waals surface area (Å²) in [7, 11) is 1.63. The second kappa shape index (κ2) is 5.50. The van der Waals surface area contributed by atoms with Crippen molar-refractivity contribution in [3.8, 4) is 0 Å². The van der Waals surface area contributed by atoms with Gasteiger partial charge in [-0.2, -0.15) is 4.98 Å². The lowest BCUT2D eigenvalue weighted by atomic mass is 10.2. The molecule has 3 rings (SSSR count). The number of nitrogens with zero attached hydrogens (tertiary/aromatic N) is 2. The fraction of sp³-hybridized carbons (Fsp3) is 0.286. The average Bonchev–Trinajstić information content (AvgIpc) is 2.82. The molecule has 0 unspecified atom stereocenters. The molecule has 0 bridgehead atoms. The molecule has 0 radical (unpaired) electrons. The molecule has 0 fully saturated rings. The van der Waals surface area contributed by atoms with E-state index in [-0.39, 0.29) is 11.5 Å². The largest absolute Gasteiger partial charge is 0.451 e. The summed E-state index contributed by atoms with van der Waals surface area (Å²) in [6.07, 6.45) is 0.706. The molecule has 110 valence electrons. The van der Waals surface area contributed by atoms with Crippen LogP contribution in [0.5, 0.6) is 0 Å². The molecule has 0 aliphatic heterocycles. The van der Waals surface area contributed by atoms with Gasteiger partial charge in [-0.15, -0.1) is 0 Å². The molecule has 7 heteroatoms. The SMILES string of the molecule is COCCCn1c(=O)nc(N)c2oc3ccc(Br)cc3c21. The van der Waals surface area contributed by atoms with E-state index in [4.69, 9.17) is 14.9 Å². The van der Waals surface area contributed by atoms with Gasteiger partial charge in [0, 0.05) is 30.1 Å². The molecule has 0 amide bonds. The van der Waals surface area contributed by atoms with Gasteiger partial charge in [0.05, 0.1) is 0 Å². The fourth-order valence-corrected chi connectivity index (χ4v) is 2.74. The van der Waals surface area contributed by atoms with Gasteiger partial charge in [-0.05, 0) is 24.6 Å². The van der Waals surface area contributed by atoms with E-state index in [0.29, 0.717) is 36.3 Å². The number of halogens is 1. The highest BCUT2D eigenvalue weighted by molar-refractivity contribution is 9.10. The first-order valence-corrected chi connectivity index (χ1v) is 7.28. The lowest BCUT2D eigenvalue weighted by molar-refractivity contribution is 0.190. The highest BCUT2D eigenvalue weighted by Gasteiger charge is 2.16. The highest BCUT2D eigenvalue weighted by atomic mass is 79.9. The number of nitrogens with two attached hydrogens (primary N) is 1. The van der Waals surface area contributed by atoms with Crippen LogP contribution >= 0.6 is 15.9 Å². The number of nitrogen functional groups attached to an aromatic ring is 1. The maximum absolute atomic E-state index is 12.2. The number of hydrogen-bond acceptors (Lipinski definition) is 5. The second-order valence-corrected chi connectivity index (χ2v) is 5.61. The smallest absolute Gasteiger partial charge is 0.350 e. The Hall–Kier alpha value is -1.86. The molecule has 21 heavy (non-hydrogen) atoms. The topological polar surface area (TPSA) is 83.3 Å². The normalized spacial score (nSPS) is 11.5. The number of hydrogen-bond donors (Lipinski definition) is 1. The Kier molecular flexibility index (Phi) is 3.69. The Morgan fingerprint density at radius 3 is 3.05 bits per heavy atom. The monoisotopic (exact) mass is 351 g/mol. The van der Waals surface area contributed by atoms with Crippen LogP contribution in [0.1, 0.15) is 6.42 Å². The van der Waals surface area contributed by atoms with Crippen molar-refractivity contribution in [1.82, 2.24) is 9.55 Å². The Balaban J connectivity index is 2.31. The zero-order valence-electron chi connectivity index (χ0n) is 11.4. The van der Waals surface area contributed by atoms with E-state index in [1.54, 1.807) is 11.7 Å². The van der Waals surface area contributed by atoms with Gasteiger partial charge in [0.1, 0.15) is 11.1 Å². The number of ether oxygens (including phenoxy) is 1. The molecular formula is C14H14BrN3O3. The average molecular weight is 352 g/mol. The molecule has 2 N–H and O–H groups in total. The summed E-state index contributed by atoms with van der Waals surface area (Å²) in [4.78, 5) is 16.0. The summed E-state index contributed by atoms with van der Waals surface area (Å²) >= 11 is 3.43. The molecule has 2 heterocycles. The Bertz CT molecular complexity index is 869. The number of rotatable bonds is 4. The third-order valence-electron chi connectivity index (χ3n) is 3.30. The maximum Gasteiger partial charge on any atom is 0.350 e. The molecule has 2 aromatic heterocycles. The van der Waals surface area contributed by atoms with E-state index < -0.39 is 0 Å². The van der Waals surface area contributed by atoms with Crippen molar-refractivity contribution in [2.75, 3.05) is 19.5 Å². The van der Waals surface area contributed by atoms with Crippen LogP contribution in [0.25, 0.3) is 22.1 Å². The molecule has 1 aromatic carbocycles. The molecule has 0 aliphatic carbocycles. The summed E-state index contributed by atoms with van der Waals surface area (Å²) in [5.74, 6) is 0.116. The van der Waals surface area contributed by atoms with Gasteiger partial charge in [-0.3, -0.25) is 4.57 Å². The zero-order valence-corrected chi connectivity index (χ0v) is 13.0. The van der Waals surface area contributed by atoms with Crippen LogP contribution in [-0.4, -0.2) is 23.3 Å². The van der Waals surface area contributed by atoms with Crippen molar-refractivity contribution in [3.63, 3.8) is 0 Å². The molecule has 3 aromatic rings. The molecule has 6 nitrogen and oxygen atoms in total. The molecular weight excluding hydrogens is 338 g/mol. The van der Waals surface area contributed by atoms with Crippen LogP contribution in [0.3, 0.4) is 0 Å². The summed E-state index contributed by atoms with van der Waals surface area (Å²) in [5.41, 5.74) is 7.25. The first kappa shape index (κ1) is 14.1. The van der Waals surface area contributed by atoms with Crippen LogP contribution in [0.4, 0.5) is 5.82 Å². The zero-order chi connectivity index (χ0) is 15.0. The van der Waals surface area contributed by atoms with E-state index in [0.717, 1.165) is 9.86 Å². The van der Waals surface area contributed by atoms with Crippen molar-refractivity contribution in [1.29, 1.82) is 0 Å². The van der Waals surface area contributed by atoms with Gasteiger partial charge in [0.2, 0.25) is 0 Å². The minimum absolute atomic E-state index is 0.116. The van der Waals surface area contributed by atoms with Crippen molar-refractivity contribution in [2.45, 2.75) is 13.0 Å². The number of anilines is 1. The highest BCUT2D eigenvalue weighted by Crippen LogP contribution is 2.32. The Morgan fingerprint density at radius 1 is 1.48 bits per heavy atom. The molecule has 0 saturated heterocycles. The van der Waals surface area contributed by atoms with Crippen LogP contribution in [0.15, 0.2) is 31.9 Å². The van der Waals surface area contributed by atoms with Gasteiger partial charge in [-0.25, -0.2) is 4.79 Å². The van der Waals surface area contributed by atoms with Crippen LogP contribution in [0.2, 0.25) is 0 Å². The van der Waals surface area contributed by atoms with Crippen molar-refractivity contribution >= 4 is 43.8 Å². The lowest BCUT2D eigenvalue weighted by Crippen LogP contribution is -2.24. The first-order chi connectivity index (χ1) is 10.1. The predicted octanol–water partition coefficient (Wildman–Crippen LogP) is 2.52. The standard InChI is InChI=1S/C14H14BrN3O3/c1-20-6-2-5-18-11-9-7-8(15)3-4-10(9)21-12(11)13(16)17-14(18)19/h3-4,7H,2,5-6H2,1H3,(H2,16,17,19). The fourth-order valence-electron chi connectivity index (χ4n) is 2.38. The summed E-state index contributed by atoms with van der Waals surface area (Å²) in [6, 6.07) is 5.62. The molecule has 0 atom stereocenters. The maximum atomic E-state index is 12.2. The quantitative estimate of drug-likeness (QED) is 0.730. The summed E-state index contributed by atoms with van der Waals surface area (Å²) in [6.45, 7) is 1.06. The van der Waals surface area contributed by atoms with E-state index in [1.165, 1.54) is 0 Å². The van der Waals surface area contributed by atoms with Crippen LogP contribution in [-0.2, 0) is 11.3 Å². The molecule has 0 saturated carbocycles. The third kappa shape index (κ3) is 2.43. The predicted molar refractivity (Wildman–Crippen MR) is 84.4 cm³/mol. The number of methoxy groups -OCH3 is 1. The van der Waals surface area contributed by atoms with Crippen molar-refractivity contribution < 1.29 is 9.15 Å². The van der Waals surface area contributed by atoms with Crippen molar-refractivity contribution in [3.05, 3.63) is 33.2 Å². The number of aromatic nitrogens is 2. The van der Waals surface area contributed by atoms with E-state index >= 15 is 0 Å².